The number of anilines is 1. The number of hydrogen-bond donors (Lipinski definition) is 2. The molecule has 1 amide bonds. The van der Waals surface area contributed by atoms with Crippen molar-refractivity contribution >= 4 is 17.7 Å². The minimum atomic E-state index is -0.893. The van der Waals surface area contributed by atoms with Crippen molar-refractivity contribution in [2.24, 2.45) is 11.7 Å². The fraction of sp³-hybridized carbons (Fsp3) is 0.500. The number of carbonyl (C=O) groups is 2. The number of aromatic nitrogens is 1. The lowest BCUT2D eigenvalue weighted by molar-refractivity contribution is -0.139. The van der Waals surface area contributed by atoms with Crippen LogP contribution in [0, 0.1) is 12.8 Å². The van der Waals surface area contributed by atoms with Gasteiger partial charge >= 0.3 is 5.97 Å². The van der Waals surface area contributed by atoms with Crippen LogP contribution in [0.2, 0.25) is 0 Å². The van der Waals surface area contributed by atoms with Gasteiger partial charge in [-0.05, 0) is 37.8 Å². The van der Waals surface area contributed by atoms with Crippen molar-refractivity contribution in [3.05, 3.63) is 23.4 Å². The van der Waals surface area contributed by atoms with E-state index >= 15 is 0 Å². The van der Waals surface area contributed by atoms with Gasteiger partial charge in [-0.15, -0.1) is 0 Å². The minimum Gasteiger partial charge on any atom is -0.480 e. The SMILES string of the molecule is Cc1ccc(C(N)=O)c(N2CCC(C)CC2C(=O)O)n1. The molecule has 2 unspecified atom stereocenters. The van der Waals surface area contributed by atoms with Crippen LogP contribution in [0.1, 0.15) is 35.8 Å². The van der Waals surface area contributed by atoms with Gasteiger partial charge in [0.1, 0.15) is 11.9 Å². The van der Waals surface area contributed by atoms with Gasteiger partial charge in [0.15, 0.2) is 0 Å². The number of hydrogen-bond acceptors (Lipinski definition) is 4. The summed E-state index contributed by atoms with van der Waals surface area (Å²) in [4.78, 5) is 29.0. The standard InChI is InChI=1S/C14H19N3O3/c1-8-5-6-17(11(7-8)14(19)20)13-10(12(15)18)4-3-9(2)16-13/h3-4,8,11H,5-7H2,1-2H3,(H2,15,18)(H,19,20). The molecule has 2 rings (SSSR count). The zero-order chi connectivity index (χ0) is 14.9. The van der Waals surface area contributed by atoms with Gasteiger partial charge in [-0.3, -0.25) is 4.79 Å². The second-order valence-corrected chi connectivity index (χ2v) is 5.37. The van der Waals surface area contributed by atoms with E-state index in [0.717, 1.165) is 12.1 Å². The van der Waals surface area contributed by atoms with Crippen molar-refractivity contribution in [3.63, 3.8) is 0 Å². The first-order valence-electron chi connectivity index (χ1n) is 6.67. The number of carboxylic acid groups (broad SMARTS) is 1. The third-order valence-corrected chi connectivity index (χ3v) is 3.70. The number of rotatable bonds is 3. The van der Waals surface area contributed by atoms with E-state index in [1.165, 1.54) is 0 Å². The maximum absolute atomic E-state index is 11.5. The number of aryl methyl sites for hydroxylation is 1. The second kappa shape index (κ2) is 5.48. The van der Waals surface area contributed by atoms with Crippen LogP contribution in [-0.2, 0) is 4.79 Å². The summed E-state index contributed by atoms with van der Waals surface area (Å²) in [6.45, 7) is 4.40. The first-order chi connectivity index (χ1) is 9.40. The van der Waals surface area contributed by atoms with Crippen LogP contribution < -0.4 is 10.6 Å². The van der Waals surface area contributed by atoms with E-state index < -0.39 is 17.9 Å². The molecule has 0 bridgehead atoms. The van der Waals surface area contributed by atoms with Crippen LogP contribution in [0.25, 0.3) is 0 Å². The van der Waals surface area contributed by atoms with Crippen molar-refractivity contribution in [2.45, 2.75) is 32.7 Å². The molecule has 1 aliphatic rings. The Labute approximate surface area is 117 Å². The zero-order valence-electron chi connectivity index (χ0n) is 11.7. The molecule has 6 nitrogen and oxygen atoms in total. The van der Waals surface area contributed by atoms with E-state index in [2.05, 4.69) is 4.98 Å². The quantitative estimate of drug-likeness (QED) is 0.864. The maximum Gasteiger partial charge on any atom is 0.326 e. The van der Waals surface area contributed by atoms with Gasteiger partial charge in [-0.2, -0.15) is 0 Å². The van der Waals surface area contributed by atoms with Gasteiger partial charge in [0.25, 0.3) is 5.91 Å². The molecule has 6 heteroatoms. The Morgan fingerprint density at radius 1 is 1.45 bits per heavy atom. The predicted octanol–water partition coefficient (Wildman–Crippen LogP) is 1.18. The summed E-state index contributed by atoms with van der Waals surface area (Å²) in [5.41, 5.74) is 6.37. The van der Waals surface area contributed by atoms with Crippen LogP contribution in [0.15, 0.2) is 12.1 Å². The third kappa shape index (κ3) is 2.74. The lowest BCUT2D eigenvalue weighted by Gasteiger charge is -2.37. The van der Waals surface area contributed by atoms with Gasteiger partial charge in [0.2, 0.25) is 0 Å². The Bertz CT molecular complexity index is 544. The number of carboxylic acids is 1. The molecule has 0 spiro atoms. The van der Waals surface area contributed by atoms with Crippen LogP contribution in [0.5, 0.6) is 0 Å². The maximum atomic E-state index is 11.5. The molecule has 1 aromatic rings. The van der Waals surface area contributed by atoms with Gasteiger partial charge < -0.3 is 15.7 Å². The Morgan fingerprint density at radius 3 is 2.75 bits per heavy atom. The van der Waals surface area contributed by atoms with Gasteiger partial charge in [-0.25, -0.2) is 9.78 Å². The van der Waals surface area contributed by atoms with Crippen LogP contribution in [0.4, 0.5) is 5.82 Å². The molecule has 0 saturated carbocycles. The molecule has 0 aromatic carbocycles. The molecule has 0 radical (unpaired) electrons. The lowest BCUT2D eigenvalue weighted by atomic mass is 9.92. The number of nitrogens with zero attached hydrogens (tertiary/aromatic N) is 2. The zero-order valence-corrected chi connectivity index (χ0v) is 11.7. The van der Waals surface area contributed by atoms with Crippen LogP contribution >= 0.6 is 0 Å². The minimum absolute atomic E-state index is 0.274. The summed E-state index contributed by atoms with van der Waals surface area (Å²) < 4.78 is 0. The van der Waals surface area contributed by atoms with Crippen molar-refractivity contribution in [1.29, 1.82) is 0 Å². The van der Waals surface area contributed by atoms with Crippen molar-refractivity contribution in [2.75, 3.05) is 11.4 Å². The van der Waals surface area contributed by atoms with E-state index in [1.54, 1.807) is 24.0 Å². The topological polar surface area (TPSA) is 96.5 Å². The van der Waals surface area contributed by atoms with Gasteiger partial charge in [0, 0.05) is 12.2 Å². The van der Waals surface area contributed by atoms with Crippen LogP contribution in [-0.4, -0.2) is 34.6 Å². The molecule has 3 N–H and O–H groups in total. The molecular formula is C14H19N3O3. The normalized spacial score (nSPS) is 22.6. The molecule has 1 aromatic heterocycles. The Kier molecular flexibility index (Phi) is 3.92. The Morgan fingerprint density at radius 2 is 2.15 bits per heavy atom. The van der Waals surface area contributed by atoms with Crippen LogP contribution in [0.3, 0.4) is 0 Å². The number of carbonyl (C=O) groups excluding carboxylic acids is 1. The average molecular weight is 277 g/mol. The molecule has 0 aliphatic carbocycles. The number of nitrogens with two attached hydrogens (primary N) is 1. The van der Waals surface area contributed by atoms with E-state index in [1.807, 2.05) is 6.92 Å². The van der Waals surface area contributed by atoms with E-state index in [-0.39, 0.29) is 5.56 Å². The number of aliphatic carboxylic acids is 1. The molecular weight excluding hydrogens is 258 g/mol. The summed E-state index contributed by atoms with van der Waals surface area (Å²) in [5.74, 6) is -0.753. The largest absolute Gasteiger partial charge is 0.480 e. The van der Waals surface area contributed by atoms with Crippen molar-refractivity contribution in [1.82, 2.24) is 4.98 Å². The molecule has 2 atom stereocenters. The molecule has 1 aliphatic heterocycles. The summed E-state index contributed by atoms with van der Waals surface area (Å²) in [7, 11) is 0. The number of piperidine rings is 1. The monoisotopic (exact) mass is 277 g/mol. The fourth-order valence-corrected chi connectivity index (χ4v) is 2.58. The third-order valence-electron chi connectivity index (χ3n) is 3.70. The summed E-state index contributed by atoms with van der Waals surface area (Å²) in [5, 5.41) is 9.40. The Hall–Kier alpha value is -2.11. The average Bonchev–Trinajstić information content (AvgIpc) is 2.38. The number of primary amides is 1. The first kappa shape index (κ1) is 14.3. The second-order valence-electron chi connectivity index (χ2n) is 5.37. The van der Waals surface area contributed by atoms with E-state index in [9.17, 15) is 14.7 Å². The highest BCUT2D eigenvalue weighted by molar-refractivity contribution is 5.98. The summed E-state index contributed by atoms with van der Waals surface area (Å²) in [6, 6.07) is 2.65. The Balaban J connectivity index is 2.45. The molecule has 2 heterocycles. The molecule has 1 saturated heterocycles. The number of amides is 1. The molecule has 108 valence electrons. The fourth-order valence-electron chi connectivity index (χ4n) is 2.58. The van der Waals surface area contributed by atoms with E-state index in [4.69, 9.17) is 5.73 Å². The van der Waals surface area contributed by atoms with Crippen molar-refractivity contribution < 1.29 is 14.7 Å². The van der Waals surface area contributed by atoms with Gasteiger partial charge in [-0.1, -0.05) is 6.92 Å². The first-order valence-corrected chi connectivity index (χ1v) is 6.67. The lowest BCUT2D eigenvalue weighted by Crippen LogP contribution is -2.48. The smallest absolute Gasteiger partial charge is 0.326 e. The molecule has 1 fully saturated rings. The summed E-state index contributed by atoms with van der Waals surface area (Å²) in [6.07, 6.45) is 1.42. The summed E-state index contributed by atoms with van der Waals surface area (Å²) >= 11 is 0. The van der Waals surface area contributed by atoms with Gasteiger partial charge in [0.05, 0.1) is 5.56 Å². The predicted molar refractivity (Wildman–Crippen MR) is 74.7 cm³/mol. The van der Waals surface area contributed by atoms with E-state index in [0.29, 0.717) is 24.7 Å². The highest BCUT2D eigenvalue weighted by Crippen LogP contribution is 2.29. The number of pyridine rings is 1. The van der Waals surface area contributed by atoms with Crippen molar-refractivity contribution in [3.8, 4) is 0 Å². The highest BCUT2D eigenvalue weighted by atomic mass is 16.4. The molecule has 20 heavy (non-hydrogen) atoms. The highest BCUT2D eigenvalue weighted by Gasteiger charge is 2.34.